The molecule has 5 rings (SSSR count). The van der Waals surface area contributed by atoms with Crippen LogP contribution in [0.3, 0.4) is 0 Å². The Morgan fingerprint density at radius 2 is 1.63 bits per heavy atom. The summed E-state index contributed by atoms with van der Waals surface area (Å²) in [4.78, 5) is 18.3. The Bertz CT molecular complexity index is 1290. The summed E-state index contributed by atoms with van der Waals surface area (Å²) in [5, 5.41) is 4.56. The zero-order valence-electron chi connectivity index (χ0n) is 22.7. The van der Waals surface area contributed by atoms with E-state index < -0.39 is 0 Å². The molecule has 1 aliphatic carbocycles. The van der Waals surface area contributed by atoms with E-state index in [0.29, 0.717) is 5.92 Å². The van der Waals surface area contributed by atoms with Gasteiger partial charge in [0.15, 0.2) is 0 Å². The summed E-state index contributed by atoms with van der Waals surface area (Å²) in [6, 6.07) is 25.1. The molecule has 1 N–H and O–H groups in total. The SMILES string of the molecule is CC(NC(=O)C(CCCCn1cc(-c2ccccc2)c2cccnc21)C1CCCCCC1)c1ccccc1. The maximum atomic E-state index is 13.6. The Balaban J connectivity index is 1.25. The van der Waals surface area contributed by atoms with Crippen LogP contribution >= 0.6 is 0 Å². The molecule has 1 amide bonds. The number of nitrogens with one attached hydrogen (secondary N) is 1. The van der Waals surface area contributed by atoms with Gasteiger partial charge in [0.25, 0.3) is 0 Å². The van der Waals surface area contributed by atoms with Gasteiger partial charge in [-0.3, -0.25) is 4.79 Å². The molecule has 0 bridgehead atoms. The van der Waals surface area contributed by atoms with Crippen LogP contribution < -0.4 is 5.32 Å². The number of benzene rings is 2. The molecule has 0 spiro atoms. The average Bonchev–Trinajstić information content (AvgIpc) is 3.12. The predicted molar refractivity (Wildman–Crippen MR) is 157 cm³/mol. The number of pyridine rings is 1. The molecule has 0 radical (unpaired) electrons. The number of hydrogen-bond donors (Lipinski definition) is 1. The fourth-order valence-corrected chi connectivity index (χ4v) is 6.23. The van der Waals surface area contributed by atoms with Gasteiger partial charge in [0.1, 0.15) is 5.65 Å². The quantitative estimate of drug-likeness (QED) is 0.173. The number of fused-ring (bicyclic) bond motifs is 1. The molecule has 2 aromatic carbocycles. The molecule has 1 fully saturated rings. The minimum atomic E-state index is 0.0331. The fourth-order valence-electron chi connectivity index (χ4n) is 6.23. The van der Waals surface area contributed by atoms with Crippen LogP contribution in [-0.2, 0) is 11.3 Å². The highest BCUT2D eigenvalue weighted by atomic mass is 16.1. The Morgan fingerprint density at radius 3 is 2.37 bits per heavy atom. The first-order valence-electron chi connectivity index (χ1n) is 14.6. The summed E-state index contributed by atoms with van der Waals surface area (Å²) >= 11 is 0. The molecule has 4 heteroatoms. The summed E-state index contributed by atoms with van der Waals surface area (Å²) in [6.07, 6.45) is 14.7. The van der Waals surface area contributed by atoms with Gasteiger partial charge in [0.05, 0.1) is 6.04 Å². The number of hydrogen-bond acceptors (Lipinski definition) is 2. The van der Waals surface area contributed by atoms with E-state index >= 15 is 0 Å². The Labute approximate surface area is 227 Å². The molecule has 1 aliphatic rings. The molecule has 2 unspecified atom stereocenters. The van der Waals surface area contributed by atoms with Crippen molar-refractivity contribution in [3.8, 4) is 11.1 Å². The zero-order valence-corrected chi connectivity index (χ0v) is 22.7. The molecule has 2 heterocycles. The third kappa shape index (κ3) is 6.35. The lowest BCUT2D eigenvalue weighted by atomic mass is 9.82. The molecule has 2 aromatic heterocycles. The first-order chi connectivity index (χ1) is 18.7. The van der Waals surface area contributed by atoms with Crippen LogP contribution in [0.2, 0.25) is 0 Å². The normalized spacial score (nSPS) is 16.1. The predicted octanol–water partition coefficient (Wildman–Crippen LogP) is 8.34. The third-order valence-electron chi connectivity index (χ3n) is 8.35. The second kappa shape index (κ2) is 12.9. The Kier molecular flexibility index (Phi) is 8.90. The minimum absolute atomic E-state index is 0.0331. The first-order valence-corrected chi connectivity index (χ1v) is 14.6. The summed E-state index contributed by atoms with van der Waals surface area (Å²) in [6.45, 7) is 3.02. The number of rotatable bonds is 10. The average molecular weight is 508 g/mol. The van der Waals surface area contributed by atoms with E-state index in [2.05, 4.69) is 71.5 Å². The third-order valence-corrected chi connectivity index (χ3v) is 8.35. The molecule has 2 atom stereocenters. The highest BCUT2D eigenvalue weighted by molar-refractivity contribution is 5.94. The fraction of sp³-hybridized carbons (Fsp3) is 0.412. The van der Waals surface area contributed by atoms with Crippen LogP contribution in [0.4, 0.5) is 0 Å². The van der Waals surface area contributed by atoms with Crippen LogP contribution in [0, 0.1) is 11.8 Å². The second-order valence-electron chi connectivity index (χ2n) is 11.0. The number of aromatic nitrogens is 2. The lowest BCUT2D eigenvalue weighted by Gasteiger charge is -2.27. The van der Waals surface area contributed by atoms with Crippen LogP contribution in [-0.4, -0.2) is 15.5 Å². The van der Waals surface area contributed by atoms with Gasteiger partial charge in [0, 0.05) is 35.8 Å². The van der Waals surface area contributed by atoms with Gasteiger partial charge in [-0.25, -0.2) is 4.98 Å². The van der Waals surface area contributed by atoms with E-state index in [1.165, 1.54) is 60.6 Å². The molecule has 38 heavy (non-hydrogen) atoms. The molecule has 0 saturated heterocycles. The molecule has 198 valence electrons. The van der Waals surface area contributed by atoms with Gasteiger partial charge in [-0.05, 0) is 61.8 Å². The number of nitrogens with zero attached hydrogens (tertiary/aromatic N) is 2. The molecule has 0 aliphatic heterocycles. The van der Waals surface area contributed by atoms with Gasteiger partial charge >= 0.3 is 0 Å². The van der Waals surface area contributed by atoms with E-state index in [1.807, 2.05) is 30.5 Å². The van der Waals surface area contributed by atoms with Crippen molar-refractivity contribution in [3.63, 3.8) is 0 Å². The van der Waals surface area contributed by atoms with E-state index in [0.717, 1.165) is 31.5 Å². The van der Waals surface area contributed by atoms with Crippen molar-refractivity contribution in [2.24, 2.45) is 11.8 Å². The second-order valence-corrected chi connectivity index (χ2v) is 11.0. The lowest BCUT2D eigenvalue weighted by Crippen LogP contribution is -2.36. The monoisotopic (exact) mass is 507 g/mol. The largest absolute Gasteiger partial charge is 0.349 e. The van der Waals surface area contributed by atoms with Crippen molar-refractivity contribution in [1.29, 1.82) is 0 Å². The number of amides is 1. The van der Waals surface area contributed by atoms with E-state index in [1.54, 1.807) is 0 Å². The zero-order chi connectivity index (χ0) is 26.2. The number of aryl methyl sites for hydroxylation is 1. The molecular formula is C34H41N3O. The van der Waals surface area contributed by atoms with Gasteiger partial charge in [0.2, 0.25) is 5.91 Å². The van der Waals surface area contributed by atoms with E-state index in [4.69, 9.17) is 4.98 Å². The van der Waals surface area contributed by atoms with Crippen molar-refractivity contribution in [2.45, 2.75) is 77.3 Å². The van der Waals surface area contributed by atoms with Crippen molar-refractivity contribution in [3.05, 3.63) is 90.8 Å². The minimum Gasteiger partial charge on any atom is -0.349 e. The molecule has 4 aromatic rings. The van der Waals surface area contributed by atoms with Gasteiger partial charge < -0.3 is 9.88 Å². The van der Waals surface area contributed by atoms with Crippen LogP contribution in [0.1, 0.15) is 76.3 Å². The standard InChI is InChI=1S/C34H41N3O/c1-26(27-15-8-4-9-16-27)36-34(38)30(28-17-6-2-3-7-18-28)21-12-13-24-37-25-32(29-19-10-5-11-20-29)31-22-14-23-35-33(31)37/h4-5,8-11,14-16,19-20,22-23,25-26,28,30H,2-3,6-7,12-13,17-18,21,24H2,1H3,(H,36,38). The van der Waals surface area contributed by atoms with Crippen molar-refractivity contribution >= 4 is 16.9 Å². The number of unbranched alkanes of at least 4 members (excludes halogenated alkanes) is 1. The molecular weight excluding hydrogens is 466 g/mol. The van der Waals surface area contributed by atoms with Crippen molar-refractivity contribution in [2.75, 3.05) is 0 Å². The van der Waals surface area contributed by atoms with Crippen LogP contribution in [0.25, 0.3) is 22.2 Å². The van der Waals surface area contributed by atoms with Crippen LogP contribution in [0.5, 0.6) is 0 Å². The van der Waals surface area contributed by atoms with Gasteiger partial charge in [-0.2, -0.15) is 0 Å². The molecule has 4 nitrogen and oxygen atoms in total. The maximum Gasteiger partial charge on any atom is 0.223 e. The summed E-state index contributed by atoms with van der Waals surface area (Å²) in [5.74, 6) is 0.839. The van der Waals surface area contributed by atoms with Crippen LogP contribution in [0.15, 0.2) is 85.2 Å². The Hall–Kier alpha value is -3.40. The maximum absolute atomic E-state index is 13.6. The topological polar surface area (TPSA) is 46.9 Å². The smallest absolute Gasteiger partial charge is 0.223 e. The highest BCUT2D eigenvalue weighted by Crippen LogP contribution is 2.33. The number of carbonyl (C=O) groups excluding carboxylic acids is 1. The molecule has 1 saturated carbocycles. The van der Waals surface area contributed by atoms with E-state index in [-0.39, 0.29) is 17.9 Å². The number of carbonyl (C=O) groups is 1. The van der Waals surface area contributed by atoms with Crippen molar-refractivity contribution in [1.82, 2.24) is 14.9 Å². The summed E-state index contributed by atoms with van der Waals surface area (Å²) in [5.41, 5.74) is 4.67. The van der Waals surface area contributed by atoms with Crippen molar-refractivity contribution < 1.29 is 4.79 Å². The lowest BCUT2D eigenvalue weighted by molar-refractivity contribution is -0.127. The van der Waals surface area contributed by atoms with Gasteiger partial charge in [-0.15, -0.1) is 0 Å². The Morgan fingerprint density at radius 1 is 0.921 bits per heavy atom. The highest BCUT2D eigenvalue weighted by Gasteiger charge is 2.29. The summed E-state index contributed by atoms with van der Waals surface area (Å²) < 4.78 is 2.30. The van der Waals surface area contributed by atoms with E-state index in [9.17, 15) is 4.79 Å². The first kappa shape index (κ1) is 26.2. The summed E-state index contributed by atoms with van der Waals surface area (Å²) in [7, 11) is 0. The van der Waals surface area contributed by atoms with Gasteiger partial charge in [-0.1, -0.05) is 92.8 Å².